The molecule has 19 heavy (non-hydrogen) atoms. The van der Waals surface area contributed by atoms with E-state index < -0.39 is 0 Å². The molecule has 0 fully saturated rings. The fourth-order valence-electron chi connectivity index (χ4n) is 2.10. The lowest BCUT2D eigenvalue weighted by Gasteiger charge is -2.27. The van der Waals surface area contributed by atoms with Crippen molar-refractivity contribution in [2.75, 3.05) is 18.4 Å². The Labute approximate surface area is 116 Å². The fourth-order valence-corrected chi connectivity index (χ4v) is 2.84. The minimum Gasteiger partial charge on any atom is -0.485 e. The van der Waals surface area contributed by atoms with Gasteiger partial charge in [0.05, 0.1) is 12.2 Å². The second kappa shape index (κ2) is 5.59. The van der Waals surface area contributed by atoms with Crippen molar-refractivity contribution in [2.24, 2.45) is 0 Å². The van der Waals surface area contributed by atoms with Crippen molar-refractivity contribution in [2.45, 2.75) is 19.6 Å². The van der Waals surface area contributed by atoms with Gasteiger partial charge in [-0.25, -0.2) is 4.98 Å². The number of aryl methyl sites for hydroxylation is 1. The zero-order chi connectivity index (χ0) is 13.1. The van der Waals surface area contributed by atoms with E-state index in [9.17, 15) is 0 Å². The molecule has 1 aliphatic heterocycles. The molecule has 0 amide bonds. The van der Waals surface area contributed by atoms with Crippen LogP contribution < -0.4 is 15.4 Å². The standard InChI is InChI=1S/C14H17N3OS/c1-10-9-19-14(17-10)8-15-6-11-7-16-12-4-2-3-5-13(12)18-11/h2-5,9,11,15-16H,6-8H2,1H3. The van der Waals surface area contributed by atoms with E-state index in [0.29, 0.717) is 0 Å². The smallest absolute Gasteiger partial charge is 0.142 e. The molecular weight excluding hydrogens is 258 g/mol. The lowest BCUT2D eigenvalue weighted by Crippen LogP contribution is -2.39. The predicted octanol–water partition coefficient (Wildman–Crippen LogP) is 2.41. The minimum absolute atomic E-state index is 0.163. The minimum atomic E-state index is 0.163. The van der Waals surface area contributed by atoms with E-state index in [-0.39, 0.29) is 6.10 Å². The number of hydrogen-bond acceptors (Lipinski definition) is 5. The van der Waals surface area contributed by atoms with Crippen LogP contribution in [0.1, 0.15) is 10.7 Å². The van der Waals surface area contributed by atoms with Crippen molar-refractivity contribution in [3.8, 4) is 5.75 Å². The number of anilines is 1. The van der Waals surface area contributed by atoms with Crippen molar-refractivity contribution >= 4 is 17.0 Å². The summed E-state index contributed by atoms with van der Waals surface area (Å²) >= 11 is 1.69. The summed E-state index contributed by atoms with van der Waals surface area (Å²) in [5.41, 5.74) is 2.17. The largest absolute Gasteiger partial charge is 0.485 e. The Balaban J connectivity index is 1.50. The topological polar surface area (TPSA) is 46.2 Å². The zero-order valence-electron chi connectivity index (χ0n) is 10.8. The van der Waals surface area contributed by atoms with Gasteiger partial charge in [-0.1, -0.05) is 12.1 Å². The van der Waals surface area contributed by atoms with Gasteiger partial charge in [0.25, 0.3) is 0 Å². The van der Waals surface area contributed by atoms with E-state index >= 15 is 0 Å². The van der Waals surface area contributed by atoms with Crippen LogP contribution in [0.4, 0.5) is 5.69 Å². The summed E-state index contributed by atoms with van der Waals surface area (Å²) in [6.45, 7) is 4.48. The molecule has 0 saturated carbocycles. The lowest BCUT2D eigenvalue weighted by molar-refractivity contribution is 0.201. The molecule has 2 aromatic rings. The van der Waals surface area contributed by atoms with Crippen molar-refractivity contribution in [1.82, 2.24) is 10.3 Å². The molecule has 0 radical (unpaired) electrons. The van der Waals surface area contributed by atoms with Crippen LogP contribution in [0.3, 0.4) is 0 Å². The lowest BCUT2D eigenvalue weighted by atomic mass is 10.2. The Bertz CT molecular complexity index is 555. The Kier molecular flexibility index (Phi) is 3.66. The summed E-state index contributed by atoms with van der Waals surface area (Å²) in [5, 5.41) is 9.99. The highest BCUT2D eigenvalue weighted by molar-refractivity contribution is 7.09. The van der Waals surface area contributed by atoms with E-state index in [4.69, 9.17) is 4.74 Å². The number of rotatable bonds is 4. The van der Waals surface area contributed by atoms with Gasteiger partial charge in [0, 0.05) is 24.2 Å². The highest BCUT2D eigenvalue weighted by Gasteiger charge is 2.18. The maximum atomic E-state index is 5.93. The van der Waals surface area contributed by atoms with Gasteiger partial charge in [0.2, 0.25) is 0 Å². The van der Waals surface area contributed by atoms with Gasteiger partial charge in [-0.2, -0.15) is 0 Å². The van der Waals surface area contributed by atoms with E-state index in [2.05, 4.69) is 21.0 Å². The van der Waals surface area contributed by atoms with Crippen molar-refractivity contribution in [3.63, 3.8) is 0 Å². The first-order valence-electron chi connectivity index (χ1n) is 6.42. The SMILES string of the molecule is Cc1csc(CNCC2CNc3ccccc3O2)n1. The number of thiazole rings is 1. The first-order valence-corrected chi connectivity index (χ1v) is 7.30. The molecule has 1 aromatic carbocycles. The predicted molar refractivity (Wildman–Crippen MR) is 77.9 cm³/mol. The van der Waals surface area contributed by atoms with E-state index in [1.54, 1.807) is 11.3 Å². The van der Waals surface area contributed by atoms with Crippen LogP contribution in [0, 0.1) is 6.92 Å². The quantitative estimate of drug-likeness (QED) is 0.899. The molecule has 100 valence electrons. The van der Waals surface area contributed by atoms with Crippen molar-refractivity contribution < 1.29 is 4.74 Å². The Morgan fingerprint density at radius 3 is 3.21 bits per heavy atom. The Morgan fingerprint density at radius 1 is 1.47 bits per heavy atom. The third-order valence-electron chi connectivity index (χ3n) is 3.02. The number of nitrogens with zero attached hydrogens (tertiary/aromatic N) is 1. The average Bonchev–Trinajstić information content (AvgIpc) is 2.84. The molecule has 1 aliphatic rings. The summed E-state index contributed by atoms with van der Waals surface area (Å²) in [5.74, 6) is 0.936. The molecule has 2 heterocycles. The number of aromatic nitrogens is 1. The number of benzene rings is 1. The maximum Gasteiger partial charge on any atom is 0.142 e. The van der Waals surface area contributed by atoms with Gasteiger partial charge in [-0.3, -0.25) is 0 Å². The molecule has 3 rings (SSSR count). The molecule has 0 spiro atoms. The fraction of sp³-hybridized carbons (Fsp3) is 0.357. The summed E-state index contributed by atoms with van der Waals surface area (Å²) in [4.78, 5) is 4.43. The molecular formula is C14H17N3OS. The molecule has 0 aliphatic carbocycles. The summed E-state index contributed by atoms with van der Waals surface area (Å²) in [6.07, 6.45) is 0.163. The number of hydrogen-bond donors (Lipinski definition) is 2. The third kappa shape index (κ3) is 3.05. The van der Waals surface area contributed by atoms with E-state index in [0.717, 1.165) is 41.8 Å². The first kappa shape index (κ1) is 12.4. The molecule has 2 N–H and O–H groups in total. The molecule has 1 aromatic heterocycles. The maximum absolute atomic E-state index is 5.93. The van der Waals surface area contributed by atoms with Crippen LogP contribution in [0.15, 0.2) is 29.6 Å². The molecule has 5 heteroatoms. The van der Waals surface area contributed by atoms with Crippen LogP contribution in [-0.2, 0) is 6.54 Å². The van der Waals surface area contributed by atoms with Crippen molar-refractivity contribution in [3.05, 3.63) is 40.3 Å². The van der Waals surface area contributed by atoms with Gasteiger partial charge in [0.15, 0.2) is 0 Å². The molecule has 1 atom stereocenters. The molecule has 4 nitrogen and oxygen atoms in total. The number of para-hydroxylation sites is 2. The van der Waals surface area contributed by atoms with E-state index in [1.165, 1.54) is 0 Å². The highest BCUT2D eigenvalue weighted by Crippen LogP contribution is 2.27. The first-order chi connectivity index (χ1) is 9.31. The van der Waals surface area contributed by atoms with Crippen LogP contribution in [0.25, 0.3) is 0 Å². The molecule has 1 unspecified atom stereocenters. The second-order valence-corrected chi connectivity index (χ2v) is 5.57. The Hall–Kier alpha value is -1.59. The van der Waals surface area contributed by atoms with E-state index in [1.807, 2.05) is 31.2 Å². The van der Waals surface area contributed by atoms with Gasteiger partial charge >= 0.3 is 0 Å². The summed E-state index contributed by atoms with van der Waals surface area (Å²) in [6, 6.07) is 8.04. The Morgan fingerprint density at radius 2 is 2.37 bits per heavy atom. The van der Waals surface area contributed by atoms with Crippen LogP contribution in [0.2, 0.25) is 0 Å². The number of ether oxygens (including phenoxy) is 1. The van der Waals surface area contributed by atoms with Gasteiger partial charge in [-0.15, -0.1) is 11.3 Å². The van der Waals surface area contributed by atoms with Gasteiger partial charge in [-0.05, 0) is 19.1 Å². The average molecular weight is 275 g/mol. The third-order valence-corrected chi connectivity index (χ3v) is 3.98. The second-order valence-electron chi connectivity index (χ2n) is 4.63. The summed E-state index contributed by atoms with van der Waals surface area (Å²) < 4.78 is 5.93. The zero-order valence-corrected chi connectivity index (χ0v) is 11.7. The van der Waals surface area contributed by atoms with Crippen molar-refractivity contribution in [1.29, 1.82) is 0 Å². The number of nitrogens with one attached hydrogen (secondary N) is 2. The van der Waals surface area contributed by atoms with Crippen LogP contribution in [-0.4, -0.2) is 24.2 Å². The normalized spacial score (nSPS) is 17.4. The highest BCUT2D eigenvalue weighted by atomic mass is 32.1. The van der Waals surface area contributed by atoms with Crippen LogP contribution >= 0.6 is 11.3 Å². The van der Waals surface area contributed by atoms with Crippen LogP contribution in [0.5, 0.6) is 5.75 Å². The monoisotopic (exact) mass is 275 g/mol. The molecule has 0 bridgehead atoms. The number of fused-ring (bicyclic) bond motifs is 1. The van der Waals surface area contributed by atoms with Gasteiger partial charge < -0.3 is 15.4 Å². The molecule has 0 saturated heterocycles. The van der Waals surface area contributed by atoms with Gasteiger partial charge in [0.1, 0.15) is 16.9 Å². The summed E-state index contributed by atoms with van der Waals surface area (Å²) in [7, 11) is 0.